The lowest BCUT2D eigenvalue weighted by Crippen LogP contribution is -2.06. The monoisotopic (exact) mass is 282 g/mol. The molecule has 3 rings (SSSR count). The van der Waals surface area contributed by atoms with E-state index in [-0.39, 0.29) is 5.78 Å². The van der Waals surface area contributed by atoms with Crippen LogP contribution in [-0.4, -0.2) is 15.8 Å². The Kier molecular flexibility index (Phi) is 3.32. The highest BCUT2D eigenvalue weighted by Gasteiger charge is 2.13. The first-order valence-corrected chi connectivity index (χ1v) is 7.32. The molecule has 0 unspecified atom stereocenters. The van der Waals surface area contributed by atoms with E-state index in [4.69, 9.17) is 0 Å². The molecular weight excluding hydrogens is 268 g/mol. The summed E-state index contributed by atoms with van der Waals surface area (Å²) >= 11 is 1.52. The summed E-state index contributed by atoms with van der Waals surface area (Å²) < 4.78 is 0. The first-order chi connectivity index (χ1) is 9.63. The Morgan fingerprint density at radius 2 is 2.00 bits per heavy atom. The highest BCUT2D eigenvalue weighted by atomic mass is 32.1. The Balaban J connectivity index is 1.95. The average Bonchev–Trinajstić information content (AvgIpc) is 2.84. The number of fused-ring (bicyclic) bond motifs is 1. The van der Waals surface area contributed by atoms with Crippen LogP contribution >= 0.6 is 11.3 Å². The van der Waals surface area contributed by atoms with Gasteiger partial charge in [0.2, 0.25) is 0 Å². The number of hydrogen-bond acceptors (Lipinski definition) is 4. The molecule has 0 atom stereocenters. The van der Waals surface area contributed by atoms with Gasteiger partial charge in [-0.25, -0.2) is 9.97 Å². The number of Topliss-reactive ketones (excluding diaryl/α,β-unsaturated/α-hetero) is 1. The van der Waals surface area contributed by atoms with Gasteiger partial charge in [-0.3, -0.25) is 4.79 Å². The zero-order valence-electron chi connectivity index (χ0n) is 11.4. The molecule has 0 saturated heterocycles. The van der Waals surface area contributed by atoms with Gasteiger partial charge in [-0.2, -0.15) is 0 Å². The molecule has 2 heterocycles. The number of hydrogen-bond donors (Lipinski definition) is 0. The Bertz CT molecular complexity index is 792. The van der Waals surface area contributed by atoms with Gasteiger partial charge in [-0.15, -0.1) is 11.3 Å². The molecule has 0 amide bonds. The van der Waals surface area contributed by atoms with Gasteiger partial charge in [-0.05, 0) is 31.5 Å². The number of ketones is 1. The molecule has 0 aliphatic rings. The van der Waals surface area contributed by atoms with E-state index in [2.05, 4.69) is 9.97 Å². The molecule has 1 aromatic carbocycles. The molecule has 2 aromatic heterocycles. The van der Waals surface area contributed by atoms with Gasteiger partial charge in [0.05, 0.1) is 11.9 Å². The smallest absolute Gasteiger partial charge is 0.187 e. The third kappa shape index (κ3) is 2.47. The largest absolute Gasteiger partial charge is 0.292 e. The SMILES string of the molecule is Cc1csc(CC(=O)c2cc(C)c3ccccc3n2)n1. The second kappa shape index (κ2) is 5.13. The topological polar surface area (TPSA) is 42.9 Å². The van der Waals surface area contributed by atoms with Crippen molar-refractivity contribution in [3.8, 4) is 0 Å². The minimum absolute atomic E-state index is 0.0215. The number of pyridine rings is 1. The summed E-state index contributed by atoms with van der Waals surface area (Å²) in [6.07, 6.45) is 0.323. The van der Waals surface area contributed by atoms with Crippen molar-refractivity contribution in [1.29, 1.82) is 0 Å². The predicted molar refractivity (Wildman–Crippen MR) is 81.4 cm³/mol. The molecule has 3 aromatic rings. The first kappa shape index (κ1) is 12.9. The van der Waals surface area contributed by atoms with E-state index in [9.17, 15) is 4.79 Å². The van der Waals surface area contributed by atoms with E-state index < -0.39 is 0 Å². The molecular formula is C16H14N2OS. The molecule has 20 heavy (non-hydrogen) atoms. The maximum Gasteiger partial charge on any atom is 0.187 e. The quantitative estimate of drug-likeness (QED) is 0.687. The van der Waals surface area contributed by atoms with Crippen LogP contribution in [0, 0.1) is 13.8 Å². The Morgan fingerprint density at radius 3 is 2.75 bits per heavy atom. The van der Waals surface area contributed by atoms with Crippen LogP contribution in [0.3, 0.4) is 0 Å². The number of aromatic nitrogens is 2. The molecule has 0 aliphatic carbocycles. The number of rotatable bonds is 3. The Hall–Kier alpha value is -2.07. The third-order valence-electron chi connectivity index (χ3n) is 3.19. The summed E-state index contributed by atoms with van der Waals surface area (Å²) in [6.45, 7) is 3.94. The summed E-state index contributed by atoms with van der Waals surface area (Å²) in [6, 6.07) is 9.75. The summed E-state index contributed by atoms with van der Waals surface area (Å²) in [5.74, 6) is 0.0215. The third-order valence-corrected chi connectivity index (χ3v) is 4.15. The van der Waals surface area contributed by atoms with Crippen LogP contribution in [0.5, 0.6) is 0 Å². The lowest BCUT2D eigenvalue weighted by atomic mass is 10.1. The van der Waals surface area contributed by atoms with Crippen LogP contribution in [0.4, 0.5) is 0 Å². The number of benzene rings is 1. The highest BCUT2D eigenvalue weighted by molar-refractivity contribution is 7.09. The first-order valence-electron chi connectivity index (χ1n) is 6.44. The zero-order valence-corrected chi connectivity index (χ0v) is 12.2. The number of nitrogens with zero attached hydrogens (tertiary/aromatic N) is 2. The van der Waals surface area contributed by atoms with E-state index >= 15 is 0 Å². The van der Waals surface area contributed by atoms with E-state index in [0.717, 1.165) is 27.2 Å². The van der Waals surface area contributed by atoms with Crippen LogP contribution in [0.15, 0.2) is 35.7 Å². The fourth-order valence-corrected chi connectivity index (χ4v) is 2.97. The zero-order chi connectivity index (χ0) is 14.1. The molecule has 0 N–H and O–H groups in total. The fraction of sp³-hybridized carbons (Fsp3) is 0.188. The molecule has 3 nitrogen and oxygen atoms in total. The predicted octanol–water partition coefficient (Wildman–Crippen LogP) is 3.73. The lowest BCUT2D eigenvalue weighted by Gasteiger charge is -2.05. The van der Waals surface area contributed by atoms with Crippen molar-refractivity contribution in [2.24, 2.45) is 0 Å². The van der Waals surface area contributed by atoms with E-state index in [1.807, 2.05) is 49.6 Å². The van der Waals surface area contributed by atoms with Gasteiger partial charge in [0, 0.05) is 16.5 Å². The van der Waals surface area contributed by atoms with E-state index in [1.165, 1.54) is 11.3 Å². The molecule has 0 aliphatic heterocycles. The van der Waals surface area contributed by atoms with E-state index in [1.54, 1.807) is 0 Å². The number of carbonyl (C=O) groups excluding carboxylic acids is 1. The molecule has 0 fully saturated rings. The van der Waals surface area contributed by atoms with Gasteiger partial charge in [0.1, 0.15) is 10.7 Å². The van der Waals surface area contributed by atoms with Gasteiger partial charge in [-0.1, -0.05) is 18.2 Å². The maximum absolute atomic E-state index is 12.3. The van der Waals surface area contributed by atoms with Crippen molar-refractivity contribution < 1.29 is 4.79 Å². The summed E-state index contributed by atoms with van der Waals surface area (Å²) in [4.78, 5) is 21.1. The van der Waals surface area contributed by atoms with Crippen LogP contribution in [0.25, 0.3) is 10.9 Å². The molecule has 100 valence electrons. The Morgan fingerprint density at radius 1 is 1.20 bits per heavy atom. The van der Waals surface area contributed by atoms with E-state index in [0.29, 0.717) is 12.1 Å². The molecule has 0 saturated carbocycles. The van der Waals surface area contributed by atoms with Crippen LogP contribution in [0.2, 0.25) is 0 Å². The fourth-order valence-electron chi connectivity index (χ4n) is 2.20. The van der Waals surface area contributed by atoms with Gasteiger partial charge >= 0.3 is 0 Å². The molecule has 4 heteroatoms. The minimum atomic E-state index is 0.0215. The second-order valence-electron chi connectivity index (χ2n) is 4.82. The van der Waals surface area contributed by atoms with Crippen molar-refractivity contribution >= 4 is 28.0 Å². The standard InChI is InChI=1S/C16H14N2OS/c1-10-7-14(18-13-6-4-3-5-12(10)13)15(19)8-16-17-11(2)9-20-16/h3-7,9H,8H2,1-2H3. The van der Waals surface area contributed by atoms with Crippen LogP contribution in [-0.2, 0) is 6.42 Å². The number of carbonyl (C=O) groups is 1. The van der Waals surface area contributed by atoms with Gasteiger partial charge in [0.25, 0.3) is 0 Å². The normalized spacial score (nSPS) is 10.9. The summed E-state index contributed by atoms with van der Waals surface area (Å²) in [5.41, 5.74) is 3.43. The van der Waals surface area contributed by atoms with Crippen molar-refractivity contribution in [3.05, 3.63) is 57.7 Å². The number of thiazole rings is 1. The number of aryl methyl sites for hydroxylation is 2. The lowest BCUT2D eigenvalue weighted by molar-refractivity contribution is 0.0988. The Labute approximate surface area is 121 Å². The molecule has 0 radical (unpaired) electrons. The molecule has 0 bridgehead atoms. The van der Waals surface area contributed by atoms with Crippen LogP contribution < -0.4 is 0 Å². The van der Waals surface area contributed by atoms with Crippen molar-refractivity contribution in [2.75, 3.05) is 0 Å². The highest BCUT2D eigenvalue weighted by Crippen LogP contribution is 2.19. The number of para-hydroxylation sites is 1. The van der Waals surface area contributed by atoms with Crippen molar-refractivity contribution in [2.45, 2.75) is 20.3 Å². The minimum Gasteiger partial charge on any atom is -0.292 e. The summed E-state index contributed by atoms with van der Waals surface area (Å²) in [7, 11) is 0. The second-order valence-corrected chi connectivity index (χ2v) is 5.77. The van der Waals surface area contributed by atoms with Crippen LogP contribution in [0.1, 0.15) is 26.8 Å². The maximum atomic E-state index is 12.3. The van der Waals surface area contributed by atoms with Gasteiger partial charge < -0.3 is 0 Å². The van der Waals surface area contributed by atoms with Gasteiger partial charge in [0.15, 0.2) is 5.78 Å². The average molecular weight is 282 g/mol. The molecule has 0 spiro atoms. The summed E-state index contributed by atoms with van der Waals surface area (Å²) in [5, 5.41) is 3.90. The van der Waals surface area contributed by atoms with Crippen molar-refractivity contribution in [3.63, 3.8) is 0 Å². The van der Waals surface area contributed by atoms with Crippen molar-refractivity contribution in [1.82, 2.24) is 9.97 Å².